The Morgan fingerprint density at radius 2 is 2.12 bits per heavy atom. The van der Waals surface area contributed by atoms with Gasteiger partial charge >= 0.3 is 5.97 Å². The van der Waals surface area contributed by atoms with Crippen LogP contribution in [0.3, 0.4) is 0 Å². The number of carbonyl (C=O) groups excluding carboxylic acids is 1. The van der Waals surface area contributed by atoms with Crippen LogP contribution in [0.15, 0.2) is 23.3 Å². The number of carboxylic acids is 1. The molecule has 0 amide bonds. The lowest BCUT2D eigenvalue weighted by Gasteiger charge is -2.18. The summed E-state index contributed by atoms with van der Waals surface area (Å²) in [5.41, 5.74) is 7.77. The van der Waals surface area contributed by atoms with E-state index in [-0.39, 0.29) is 18.2 Å². The van der Waals surface area contributed by atoms with Gasteiger partial charge in [0.05, 0.1) is 12.3 Å². The Morgan fingerprint density at radius 3 is 2.82 bits per heavy atom. The standard InChI is InChI=1S/C13H17NO3/c14-10-4-3-8-1-2-9(7-12(15)16)13(17)11(8)6-5-10/h1-2,9-10H,3-7,14H2,(H,15,16). The quantitative estimate of drug-likeness (QED) is 0.758. The van der Waals surface area contributed by atoms with E-state index in [0.717, 1.165) is 30.4 Å². The van der Waals surface area contributed by atoms with Gasteiger partial charge in [0.15, 0.2) is 5.78 Å². The smallest absolute Gasteiger partial charge is 0.304 e. The lowest BCUT2D eigenvalue weighted by molar-refractivity contribution is -0.139. The van der Waals surface area contributed by atoms with Crippen LogP contribution in [0.1, 0.15) is 32.1 Å². The molecule has 2 rings (SSSR count). The van der Waals surface area contributed by atoms with Crippen LogP contribution in [0.25, 0.3) is 0 Å². The topological polar surface area (TPSA) is 80.4 Å². The SMILES string of the molecule is NC1CCC2=C(CC1)C(=O)C(CC(=O)O)C=C2. The summed E-state index contributed by atoms with van der Waals surface area (Å²) in [6.07, 6.45) is 6.78. The highest BCUT2D eigenvalue weighted by Crippen LogP contribution is 2.31. The Bertz CT molecular complexity index is 409. The Labute approximate surface area is 100 Å². The summed E-state index contributed by atoms with van der Waals surface area (Å²) >= 11 is 0. The molecule has 17 heavy (non-hydrogen) atoms. The highest BCUT2D eigenvalue weighted by molar-refractivity contribution is 6.02. The van der Waals surface area contributed by atoms with Gasteiger partial charge in [-0.3, -0.25) is 9.59 Å². The number of carbonyl (C=O) groups is 2. The number of hydrogen-bond acceptors (Lipinski definition) is 3. The minimum absolute atomic E-state index is 0.0148. The lowest BCUT2D eigenvalue weighted by Crippen LogP contribution is -2.22. The van der Waals surface area contributed by atoms with Crippen molar-refractivity contribution in [3.63, 3.8) is 0 Å². The van der Waals surface area contributed by atoms with Crippen LogP contribution in [-0.2, 0) is 9.59 Å². The molecule has 0 aliphatic heterocycles. The predicted molar refractivity (Wildman–Crippen MR) is 63.4 cm³/mol. The monoisotopic (exact) mass is 235 g/mol. The van der Waals surface area contributed by atoms with Crippen molar-refractivity contribution in [3.8, 4) is 0 Å². The summed E-state index contributed by atoms with van der Waals surface area (Å²) < 4.78 is 0. The van der Waals surface area contributed by atoms with Gasteiger partial charge in [0.25, 0.3) is 0 Å². The molecule has 0 aromatic carbocycles. The Balaban J connectivity index is 2.17. The van der Waals surface area contributed by atoms with Crippen molar-refractivity contribution in [2.75, 3.05) is 0 Å². The molecular formula is C13H17NO3. The van der Waals surface area contributed by atoms with E-state index in [2.05, 4.69) is 0 Å². The maximum atomic E-state index is 12.1. The zero-order valence-electron chi connectivity index (χ0n) is 9.69. The maximum Gasteiger partial charge on any atom is 0.304 e. The van der Waals surface area contributed by atoms with Crippen molar-refractivity contribution in [1.29, 1.82) is 0 Å². The molecule has 2 aliphatic carbocycles. The summed E-state index contributed by atoms with van der Waals surface area (Å²) in [6, 6.07) is 0.153. The molecule has 0 aromatic heterocycles. The van der Waals surface area contributed by atoms with Crippen LogP contribution in [0.5, 0.6) is 0 Å². The number of carboxylic acid groups (broad SMARTS) is 1. The molecule has 0 saturated carbocycles. The molecule has 4 heteroatoms. The first-order valence-electron chi connectivity index (χ1n) is 5.99. The Morgan fingerprint density at radius 1 is 1.41 bits per heavy atom. The van der Waals surface area contributed by atoms with Crippen LogP contribution in [0.2, 0.25) is 0 Å². The van der Waals surface area contributed by atoms with E-state index in [1.165, 1.54) is 0 Å². The molecule has 0 saturated heterocycles. The normalized spacial score (nSPS) is 28.9. The molecular weight excluding hydrogens is 218 g/mol. The molecule has 0 fully saturated rings. The van der Waals surface area contributed by atoms with Gasteiger partial charge in [-0.05, 0) is 36.8 Å². The van der Waals surface area contributed by atoms with Crippen molar-refractivity contribution in [2.24, 2.45) is 11.7 Å². The molecule has 2 unspecified atom stereocenters. The average molecular weight is 235 g/mol. The van der Waals surface area contributed by atoms with E-state index in [0.29, 0.717) is 6.42 Å². The molecule has 2 atom stereocenters. The Kier molecular flexibility index (Phi) is 3.43. The number of nitrogens with two attached hydrogens (primary N) is 1. The summed E-state index contributed by atoms with van der Waals surface area (Å²) in [5.74, 6) is -1.43. The summed E-state index contributed by atoms with van der Waals surface area (Å²) in [4.78, 5) is 22.8. The van der Waals surface area contributed by atoms with Gasteiger partial charge in [-0.15, -0.1) is 0 Å². The maximum absolute atomic E-state index is 12.1. The van der Waals surface area contributed by atoms with E-state index >= 15 is 0 Å². The van der Waals surface area contributed by atoms with Crippen molar-refractivity contribution in [3.05, 3.63) is 23.3 Å². The predicted octanol–water partition coefficient (Wildman–Crippen LogP) is 1.41. The highest BCUT2D eigenvalue weighted by Gasteiger charge is 2.29. The first kappa shape index (κ1) is 12.0. The number of ketones is 1. The second-order valence-electron chi connectivity index (χ2n) is 4.77. The van der Waals surface area contributed by atoms with E-state index in [1.54, 1.807) is 6.08 Å². The summed E-state index contributed by atoms with van der Waals surface area (Å²) in [7, 11) is 0. The van der Waals surface area contributed by atoms with Gasteiger partial charge in [0, 0.05) is 6.04 Å². The van der Waals surface area contributed by atoms with Crippen LogP contribution in [0, 0.1) is 5.92 Å². The van der Waals surface area contributed by atoms with E-state index in [9.17, 15) is 9.59 Å². The van der Waals surface area contributed by atoms with Crippen LogP contribution in [0.4, 0.5) is 0 Å². The fraction of sp³-hybridized carbons (Fsp3) is 0.538. The molecule has 0 spiro atoms. The van der Waals surface area contributed by atoms with E-state index in [1.807, 2.05) is 6.08 Å². The minimum Gasteiger partial charge on any atom is -0.481 e. The number of rotatable bonds is 2. The lowest BCUT2D eigenvalue weighted by atomic mass is 9.84. The molecule has 3 N–H and O–H groups in total. The van der Waals surface area contributed by atoms with Crippen molar-refractivity contribution >= 4 is 11.8 Å². The van der Waals surface area contributed by atoms with Crippen molar-refractivity contribution in [2.45, 2.75) is 38.1 Å². The van der Waals surface area contributed by atoms with Gasteiger partial charge in [-0.25, -0.2) is 0 Å². The molecule has 2 aliphatic rings. The van der Waals surface area contributed by atoms with Crippen LogP contribution in [-0.4, -0.2) is 22.9 Å². The molecule has 0 heterocycles. The second kappa shape index (κ2) is 4.84. The number of allylic oxidation sites excluding steroid dienone is 4. The van der Waals surface area contributed by atoms with Crippen LogP contribution >= 0.6 is 0 Å². The van der Waals surface area contributed by atoms with Gasteiger partial charge < -0.3 is 10.8 Å². The molecule has 0 radical (unpaired) electrons. The third-order valence-electron chi connectivity index (χ3n) is 3.50. The van der Waals surface area contributed by atoms with E-state index < -0.39 is 11.9 Å². The first-order chi connectivity index (χ1) is 8.08. The van der Waals surface area contributed by atoms with Crippen LogP contribution < -0.4 is 5.73 Å². The number of hydrogen-bond donors (Lipinski definition) is 2. The minimum atomic E-state index is -0.928. The fourth-order valence-electron chi connectivity index (χ4n) is 2.48. The zero-order chi connectivity index (χ0) is 12.4. The third kappa shape index (κ3) is 2.64. The Hall–Kier alpha value is -1.42. The van der Waals surface area contributed by atoms with Gasteiger partial charge in [-0.1, -0.05) is 12.2 Å². The molecule has 0 bridgehead atoms. The molecule has 92 valence electrons. The number of aliphatic carboxylic acids is 1. The van der Waals surface area contributed by atoms with Gasteiger partial charge in [-0.2, -0.15) is 0 Å². The third-order valence-corrected chi connectivity index (χ3v) is 3.50. The fourth-order valence-corrected chi connectivity index (χ4v) is 2.48. The number of Topliss-reactive ketones (excluding diaryl/α,β-unsaturated/α-hetero) is 1. The zero-order valence-corrected chi connectivity index (χ0v) is 9.69. The second-order valence-corrected chi connectivity index (χ2v) is 4.77. The summed E-state index contributed by atoms with van der Waals surface area (Å²) in [5, 5.41) is 8.75. The van der Waals surface area contributed by atoms with E-state index in [4.69, 9.17) is 10.8 Å². The van der Waals surface area contributed by atoms with Gasteiger partial charge in [0.2, 0.25) is 0 Å². The van der Waals surface area contributed by atoms with Crippen molar-refractivity contribution < 1.29 is 14.7 Å². The molecule has 0 aromatic rings. The highest BCUT2D eigenvalue weighted by atomic mass is 16.4. The first-order valence-corrected chi connectivity index (χ1v) is 5.99. The summed E-state index contributed by atoms with van der Waals surface area (Å²) in [6.45, 7) is 0. The average Bonchev–Trinajstić information content (AvgIpc) is 2.45. The van der Waals surface area contributed by atoms with Gasteiger partial charge in [0.1, 0.15) is 0 Å². The largest absolute Gasteiger partial charge is 0.481 e. The van der Waals surface area contributed by atoms with Crippen molar-refractivity contribution in [1.82, 2.24) is 0 Å². The molecule has 4 nitrogen and oxygen atoms in total.